The van der Waals surface area contributed by atoms with Crippen LogP contribution in [0.5, 0.6) is 0 Å². The predicted molar refractivity (Wildman–Crippen MR) is 82.9 cm³/mol. The Morgan fingerprint density at radius 2 is 2.00 bits per heavy atom. The molecule has 0 saturated heterocycles. The van der Waals surface area contributed by atoms with Gasteiger partial charge in [-0.1, -0.05) is 11.8 Å². The van der Waals surface area contributed by atoms with E-state index in [4.69, 9.17) is 5.73 Å². The summed E-state index contributed by atoms with van der Waals surface area (Å²) < 4.78 is 0. The molecule has 0 atom stereocenters. The molecular formula is C13H19N3OS2. The Kier molecular flexibility index (Phi) is 4.03. The minimum atomic E-state index is -0.654. The Bertz CT molecular complexity index is 602. The molecule has 0 aliphatic rings. The van der Waals surface area contributed by atoms with E-state index in [1.54, 1.807) is 25.2 Å². The number of fused-ring (bicyclic) bond motifs is 1. The smallest absolute Gasteiger partial charge is 0.190 e. The summed E-state index contributed by atoms with van der Waals surface area (Å²) in [6.45, 7) is 7.73. The van der Waals surface area contributed by atoms with Crippen LogP contribution in [0.2, 0.25) is 0 Å². The van der Waals surface area contributed by atoms with Crippen LogP contribution in [0.3, 0.4) is 0 Å². The fraction of sp³-hybridized carbons (Fsp3) is 0.538. The summed E-state index contributed by atoms with van der Waals surface area (Å²) in [5, 5.41) is 11.4. The van der Waals surface area contributed by atoms with Crippen LogP contribution in [0.1, 0.15) is 30.7 Å². The monoisotopic (exact) mass is 297 g/mol. The van der Waals surface area contributed by atoms with Crippen molar-refractivity contribution >= 4 is 39.1 Å². The van der Waals surface area contributed by atoms with Gasteiger partial charge < -0.3 is 10.8 Å². The van der Waals surface area contributed by atoms with Gasteiger partial charge in [0.1, 0.15) is 10.6 Å². The molecule has 0 aromatic carbocycles. The van der Waals surface area contributed by atoms with Gasteiger partial charge in [0.25, 0.3) is 0 Å². The third-order valence-electron chi connectivity index (χ3n) is 2.98. The minimum Gasteiger partial charge on any atom is -0.390 e. The molecule has 0 saturated carbocycles. The molecule has 0 unspecified atom stereocenters. The second-order valence-corrected chi connectivity index (χ2v) is 7.53. The number of nitrogens with two attached hydrogens (primary N) is 1. The van der Waals surface area contributed by atoms with Crippen molar-refractivity contribution in [3.8, 4) is 0 Å². The average molecular weight is 297 g/mol. The van der Waals surface area contributed by atoms with E-state index in [1.165, 1.54) is 22.2 Å². The van der Waals surface area contributed by atoms with Gasteiger partial charge >= 0.3 is 0 Å². The fourth-order valence-electron chi connectivity index (χ4n) is 1.72. The number of hydrogen-bond acceptors (Lipinski definition) is 6. The van der Waals surface area contributed by atoms with Crippen LogP contribution < -0.4 is 5.73 Å². The lowest BCUT2D eigenvalue weighted by atomic mass is 10.1. The topological polar surface area (TPSA) is 72.0 Å². The number of aromatic nitrogens is 2. The highest BCUT2D eigenvalue weighted by molar-refractivity contribution is 7.99. The largest absolute Gasteiger partial charge is 0.390 e. The quantitative estimate of drug-likeness (QED) is 0.670. The molecule has 0 spiro atoms. The Hall–Kier alpha value is -0.850. The molecule has 4 nitrogen and oxygen atoms in total. The highest BCUT2D eigenvalue weighted by Crippen LogP contribution is 2.33. The Morgan fingerprint density at radius 3 is 2.63 bits per heavy atom. The number of thiophene rings is 1. The van der Waals surface area contributed by atoms with E-state index in [0.29, 0.717) is 17.4 Å². The maximum Gasteiger partial charge on any atom is 0.190 e. The molecule has 3 N–H and O–H groups in total. The summed E-state index contributed by atoms with van der Waals surface area (Å²) in [7, 11) is 0. The van der Waals surface area contributed by atoms with E-state index in [0.717, 1.165) is 16.0 Å². The first-order valence-corrected chi connectivity index (χ1v) is 7.96. The lowest BCUT2D eigenvalue weighted by molar-refractivity contribution is 0.0777. The zero-order valence-electron chi connectivity index (χ0n) is 11.6. The number of aryl methyl sites for hydroxylation is 2. The lowest BCUT2D eigenvalue weighted by Gasteiger charge is -2.15. The molecule has 2 aromatic rings. The molecular weight excluding hydrogens is 278 g/mol. The summed E-state index contributed by atoms with van der Waals surface area (Å²) in [6.07, 6.45) is 0.696. The predicted octanol–water partition coefficient (Wildman–Crippen LogP) is 3.14. The van der Waals surface area contributed by atoms with Gasteiger partial charge in [-0.3, -0.25) is 0 Å². The highest BCUT2D eigenvalue weighted by atomic mass is 32.2. The van der Waals surface area contributed by atoms with E-state index < -0.39 is 5.60 Å². The number of rotatable bonds is 4. The summed E-state index contributed by atoms with van der Waals surface area (Å²) in [4.78, 5) is 11.1. The molecule has 0 bridgehead atoms. The summed E-state index contributed by atoms with van der Waals surface area (Å²) >= 11 is 3.19. The minimum absolute atomic E-state index is 0.553. The van der Waals surface area contributed by atoms with Gasteiger partial charge in [0.15, 0.2) is 5.16 Å². The molecule has 0 amide bonds. The van der Waals surface area contributed by atoms with Crippen LogP contribution in [0.15, 0.2) is 5.16 Å². The number of anilines is 1. The number of aliphatic hydroxyl groups is 1. The fourth-order valence-corrected chi connectivity index (χ4v) is 3.91. The summed E-state index contributed by atoms with van der Waals surface area (Å²) in [6, 6.07) is 0. The maximum absolute atomic E-state index is 9.68. The molecule has 0 fully saturated rings. The van der Waals surface area contributed by atoms with Crippen molar-refractivity contribution in [1.82, 2.24) is 9.97 Å². The highest BCUT2D eigenvalue weighted by Gasteiger charge is 2.15. The SMILES string of the molecule is Cc1sc2nc(SCCC(C)(C)O)nc(N)c2c1C. The third-order valence-corrected chi connectivity index (χ3v) is 4.93. The van der Waals surface area contributed by atoms with Crippen LogP contribution in [0.25, 0.3) is 10.2 Å². The van der Waals surface area contributed by atoms with Gasteiger partial charge in [-0.15, -0.1) is 11.3 Å². The van der Waals surface area contributed by atoms with E-state index in [2.05, 4.69) is 23.8 Å². The van der Waals surface area contributed by atoms with Gasteiger partial charge in [0.05, 0.1) is 11.0 Å². The van der Waals surface area contributed by atoms with Gasteiger partial charge in [0.2, 0.25) is 0 Å². The first-order chi connectivity index (χ1) is 8.78. The molecule has 2 aromatic heterocycles. The molecule has 2 rings (SSSR count). The van der Waals surface area contributed by atoms with E-state index in [9.17, 15) is 5.11 Å². The van der Waals surface area contributed by atoms with Crippen molar-refractivity contribution in [3.05, 3.63) is 10.4 Å². The van der Waals surface area contributed by atoms with Crippen LogP contribution in [-0.4, -0.2) is 26.4 Å². The standard InChI is InChI=1S/C13H19N3OS2/c1-7-8(2)19-11-9(7)10(14)15-12(16-11)18-6-5-13(3,4)17/h17H,5-6H2,1-4H3,(H2,14,15,16). The maximum atomic E-state index is 9.68. The Balaban J connectivity index is 2.22. The van der Waals surface area contributed by atoms with Crippen molar-refractivity contribution in [3.63, 3.8) is 0 Å². The van der Waals surface area contributed by atoms with Gasteiger partial charge in [-0.2, -0.15) is 0 Å². The van der Waals surface area contributed by atoms with Crippen LogP contribution in [-0.2, 0) is 0 Å². The van der Waals surface area contributed by atoms with Gasteiger partial charge in [-0.05, 0) is 39.7 Å². The number of thioether (sulfide) groups is 1. The summed E-state index contributed by atoms with van der Waals surface area (Å²) in [5.74, 6) is 1.33. The number of nitrogens with zero attached hydrogens (tertiary/aromatic N) is 2. The molecule has 0 aliphatic heterocycles. The molecule has 6 heteroatoms. The van der Waals surface area contributed by atoms with Crippen molar-refractivity contribution in [2.45, 2.75) is 44.9 Å². The second kappa shape index (κ2) is 5.26. The normalized spacial score (nSPS) is 12.3. The zero-order valence-corrected chi connectivity index (χ0v) is 13.3. The first kappa shape index (κ1) is 14.6. The molecule has 0 aliphatic carbocycles. The molecule has 19 heavy (non-hydrogen) atoms. The third kappa shape index (κ3) is 3.38. The van der Waals surface area contributed by atoms with Crippen LogP contribution in [0, 0.1) is 13.8 Å². The van der Waals surface area contributed by atoms with Crippen LogP contribution >= 0.6 is 23.1 Å². The Labute approximate surface area is 121 Å². The van der Waals surface area contributed by atoms with Crippen molar-refractivity contribution in [2.75, 3.05) is 11.5 Å². The number of hydrogen-bond donors (Lipinski definition) is 2. The van der Waals surface area contributed by atoms with Crippen LogP contribution in [0.4, 0.5) is 5.82 Å². The van der Waals surface area contributed by atoms with E-state index in [1.807, 2.05) is 0 Å². The van der Waals surface area contributed by atoms with E-state index >= 15 is 0 Å². The Morgan fingerprint density at radius 1 is 1.32 bits per heavy atom. The zero-order chi connectivity index (χ0) is 14.2. The molecule has 0 radical (unpaired) electrons. The second-order valence-electron chi connectivity index (χ2n) is 5.27. The van der Waals surface area contributed by atoms with Crippen molar-refractivity contribution < 1.29 is 5.11 Å². The average Bonchev–Trinajstić information content (AvgIpc) is 2.53. The number of nitrogen functional groups attached to an aromatic ring is 1. The first-order valence-electron chi connectivity index (χ1n) is 6.16. The summed E-state index contributed by atoms with van der Waals surface area (Å²) in [5.41, 5.74) is 6.54. The van der Waals surface area contributed by atoms with Crippen molar-refractivity contribution in [2.24, 2.45) is 0 Å². The van der Waals surface area contributed by atoms with Crippen molar-refractivity contribution in [1.29, 1.82) is 0 Å². The van der Waals surface area contributed by atoms with Gasteiger partial charge in [0, 0.05) is 10.6 Å². The molecule has 104 valence electrons. The van der Waals surface area contributed by atoms with Gasteiger partial charge in [-0.25, -0.2) is 9.97 Å². The lowest BCUT2D eigenvalue weighted by Crippen LogP contribution is -2.19. The molecule has 2 heterocycles. The van der Waals surface area contributed by atoms with E-state index in [-0.39, 0.29) is 0 Å².